The average molecular weight is 311 g/mol. The van der Waals surface area contributed by atoms with Gasteiger partial charge in [0.15, 0.2) is 0 Å². The molecule has 1 N–H and O–H groups in total. The van der Waals surface area contributed by atoms with Gasteiger partial charge >= 0.3 is 0 Å². The van der Waals surface area contributed by atoms with Gasteiger partial charge in [-0.2, -0.15) is 0 Å². The van der Waals surface area contributed by atoms with Crippen LogP contribution >= 0.6 is 0 Å². The van der Waals surface area contributed by atoms with Crippen molar-refractivity contribution in [3.05, 3.63) is 0 Å². The summed E-state index contributed by atoms with van der Waals surface area (Å²) in [5, 5.41) is 3.40. The first-order valence-corrected chi connectivity index (χ1v) is 8.16. The Kier molecular flexibility index (Phi) is 4.65. The van der Waals surface area contributed by atoms with Gasteiger partial charge in [0, 0.05) is 19.6 Å². The largest absolute Gasteiger partial charge is 0.463 e. The standard InChI is InChI=1S/C15H25N3O4/c1-12(21-11-19)13(14(20)17-7-2-3-8-17)18-9-15(22-10-18)5-4-6-16-15/h11-13,16H,2-10H2,1H3. The fraction of sp³-hybridized carbons (Fsp3) is 0.867. The Morgan fingerprint density at radius 3 is 2.77 bits per heavy atom. The van der Waals surface area contributed by atoms with Gasteiger partial charge in [-0.05, 0) is 39.2 Å². The molecule has 3 atom stereocenters. The molecule has 0 bridgehead atoms. The minimum Gasteiger partial charge on any atom is -0.463 e. The highest BCUT2D eigenvalue weighted by Gasteiger charge is 2.47. The molecule has 0 radical (unpaired) electrons. The monoisotopic (exact) mass is 311 g/mol. The number of carbonyl (C=O) groups is 2. The van der Waals surface area contributed by atoms with E-state index in [4.69, 9.17) is 9.47 Å². The van der Waals surface area contributed by atoms with Gasteiger partial charge in [0.1, 0.15) is 24.6 Å². The summed E-state index contributed by atoms with van der Waals surface area (Å²) < 4.78 is 11.0. The van der Waals surface area contributed by atoms with Gasteiger partial charge in [-0.15, -0.1) is 0 Å². The average Bonchev–Trinajstić information content (AvgIpc) is 3.24. The first-order chi connectivity index (χ1) is 10.7. The number of hydrogen-bond acceptors (Lipinski definition) is 6. The highest BCUT2D eigenvalue weighted by molar-refractivity contribution is 5.83. The third-order valence-corrected chi connectivity index (χ3v) is 4.95. The molecular weight excluding hydrogens is 286 g/mol. The van der Waals surface area contributed by atoms with Crippen molar-refractivity contribution >= 4 is 12.4 Å². The van der Waals surface area contributed by atoms with Crippen molar-refractivity contribution in [2.24, 2.45) is 0 Å². The van der Waals surface area contributed by atoms with E-state index in [0.717, 1.165) is 45.3 Å². The fourth-order valence-electron chi connectivity index (χ4n) is 3.78. The number of rotatable bonds is 5. The second-order valence-electron chi connectivity index (χ2n) is 6.46. The third-order valence-electron chi connectivity index (χ3n) is 4.95. The number of nitrogens with one attached hydrogen (secondary N) is 1. The number of carbonyl (C=O) groups excluding carboxylic acids is 2. The Morgan fingerprint density at radius 2 is 2.14 bits per heavy atom. The Bertz CT molecular complexity index is 419. The van der Waals surface area contributed by atoms with Gasteiger partial charge in [-0.1, -0.05) is 0 Å². The molecule has 0 aliphatic carbocycles. The summed E-state index contributed by atoms with van der Waals surface area (Å²) in [6.45, 7) is 5.78. The molecule has 3 aliphatic rings. The van der Waals surface area contributed by atoms with Crippen LogP contribution in [0, 0.1) is 0 Å². The molecule has 7 nitrogen and oxygen atoms in total. The van der Waals surface area contributed by atoms with Gasteiger partial charge in [-0.25, -0.2) is 0 Å². The normalized spacial score (nSPS) is 31.6. The molecule has 1 amide bonds. The first kappa shape index (κ1) is 15.7. The molecule has 3 fully saturated rings. The maximum atomic E-state index is 12.9. The van der Waals surface area contributed by atoms with E-state index in [1.54, 1.807) is 6.92 Å². The smallest absolute Gasteiger partial charge is 0.293 e. The molecule has 3 rings (SSSR count). The van der Waals surface area contributed by atoms with Gasteiger partial charge < -0.3 is 14.4 Å². The SMILES string of the molecule is CC(OC=O)C(C(=O)N1CCCC1)N1COC2(CCCN2)C1. The van der Waals surface area contributed by atoms with E-state index in [1.165, 1.54) is 0 Å². The van der Waals surface area contributed by atoms with E-state index in [2.05, 4.69) is 5.32 Å². The molecule has 1 spiro atoms. The lowest BCUT2D eigenvalue weighted by Gasteiger charge is -2.33. The molecule has 0 aromatic heterocycles. The zero-order valence-corrected chi connectivity index (χ0v) is 13.1. The van der Waals surface area contributed by atoms with Crippen LogP contribution in [0.1, 0.15) is 32.6 Å². The third kappa shape index (κ3) is 2.98. The van der Waals surface area contributed by atoms with Crippen LogP contribution in [-0.2, 0) is 19.1 Å². The lowest BCUT2D eigenvalue weighted by atomic mass is 10.1. The van der Waals surface area contributed by atoms with E-state index in [0.29, 0.717) is 19.7 Å². The summed E-state index contributed by atoms with van der Waals surface area (Å²) in [5.74, 6) is 0.0468. The second kappa shape index (κ2) is 6.52. The summed E-state index contributed by atoms with van der Waals surface area (Å²) in [6, 6.07) is -0.468. The van der Waals surface area contributed by atoms with Crippen LogP contribution in [0.4, 0.5) is 0 Å². The number of likely N-dealkylation sites (tertiary alicyclic amines) is 1. The van der Waals surface area contributed by atoms with E-state index in [9.17, 15) is 9.59 Å². The Morgan fingerprint density at radius 1 is 1.36 bits per heavy atom. The molecule has 7 heteroatoms. The van der Waals surface area contributed by atoms with Crippen LogP contribution in [-0.4, -0.2) is 73.0 Å². The van der Waals surface area contributed by atoms with Crippen molar-refractivity contribution < 1.29 is 19.1 Å². The van der Waals surface area contributed by atoms with Crippen LogP contribution in [0.3, 0.4) is 0 Å². The molecular formula is C15H25N3O4. The minimum absolute atomic E-state index is 0.0468. The van der Waals surface area contributed by atoms with Crippen molar-refractivity contribution in [2.45, 2.75) is 50.5 Å². The highest BCUT2D eigenvalue weighted by Crippen LogP contribution is 2.30. The van der Waals surface area contributed by atoms with Crippen molar-refractivity contribution in [1.29, 1.82) is 0 Å². The van der Waals surface area contributed by atoms with Gasteiger partial charge in [-0.3, -0.25) is 19.8 Å². The lowest BCUT2D eigenvalue weighted by Crippen LogP contribution is -2.55. The lowest BCUT2D eigenvalue weighted by molar-refractivity contribution is -0.147. The molecule has 3 heterocycles. The maximum absolute atomic E-state index is 12.9. The molecule has 124 valence electrons. The zero-order chi connectivity index (χ0) is 15.6. The van der Waals surface area contributed by atoms with Crippen LogP contribution < -0.4 is 5.32 Å². The predicted octanol–water partition coefficient (Wildman–Crippen LogP) is -0.0917. The topological polar surface area (TPSA) is 71.1 Å². The fourth-order valence-corrected chi connectivity index (χ4v) is 3.78. The summed E-state index contributed by atoms with van der Waals surface area (Å²) in [4.78, 5) is 27.5. The van der Waals surface area contributed by atoms with Crippen molar-refractivity contribution in [1.82, 2.24) is 15.1 Å². The maximum Gasteiger partial charge on any atom is 0.293 e. The Hall–Kier alpha value is -1.18. The summed E-state index contributed by atoms with van der Waals surface area (Å²) in [6.07, 6.45) is 3.65. The van der Waals surface area contributed by atoms with Gasteiger partial charge in [0.2, 0.25) is 5.91 Å². The highest BCUT2D eigenvalue weighted by atomic mass is 16.5. The van der Waals surface area contributed by atoms with Crippen molar-refractivity contribution in [2.75, 3.05) is 32.9 Å². The number of nitrogens with zero attached hydrogens (tertiary/aromatic N) is 2. The predicted molar refractivity (Wildman–Crippen MR) is 78.8 cm³/mol. The van der Waals surface area contributed by atoms with Gasteiger partial charge in [0.25, 0.3) is 6.47 Å². The van der Waals surface area contributed by atoms with Crippen LogP contribution in [0.15, 0.2) is 0 Å². The molecule has 3 aliphatic heterocycles. The summed E-state index contributed by atoms with van der Waals surface area (Å²) in [7, 11) is 0. The molecule has 0 saturated carbocycles. The zero-order valence-electron chi connectivity index (χ0n) is 13.1. The molecule has 3 unspecified atom stereocenters. The number of amides is 1. The first-order valence-electron chi connectivity index (χ1n) is 8.16. The van der Waals surface area contributed by atoms with E-state index >= 15 is 0 Å². The second-order valence-corrected chi connectivity index (χ2v) is 6.46. The summed E-state index contributed by atoms with van der Waals surface area (Å²) in [5.41, 5.74) is -0.329. The Labute approximate surface area is 130 Å². The quantitative estimate of drug-likeness (QED) is 0.716. The minimum atomic E-state index is -0.481. The van der Waals surface area contributed by atoms with E-state index < -0.39 is 12.1 Å². The van der Waals surface area contributed by atoms with Gasteiger partial charge in [0.05, 0.1) is 0 Å². The molecule has 0 aromatic carbocycles. The number of ether oxygens (including phenoxy) is 2. The van der Waals surface area contributed by atoms with Crippen LogP contribution in [0.2, 0.25) is 0 Å². The number of hydrogen-bond donors (Lipinski definition) is 1. The Balaban J connectivity index is 1.73. The molecule has 22 heavy (non-hydrogen) atoms. The van der Waals surface area contributed by atoms with E-state index in [1.807, 2.05) is 9.80 Å². The molecule has 3 saturated heterocycles. The van der Waals surface area contributed by atoms with Crippen molar-refractivity contribution in [3.8, 4) is 0 Å². The van der Waals surface area contributed by atoms with Crippen molar-refractivity contribution in [3.63, 3.8) is 0 Å². The van der Waals surface area contributed by atoms with E-state index in [-0.39, 0.29) is 11.6 Å². The molecule has 0 aromatic rings. The van der Waals surface area contributed by atoms with Crippen LogP contribution in [0.25, 0.3) is 0 Å². The van der Waals surface area contributed by atoms with Crippen LogP contribution in [0.5, 0.6) is 0 Å². The summed E-state index contributed by atoms with van der Waals surface area (Å²) >= 11 is 0.